The second kappa shape index (κ2) is 6.34. The first kappa shape index (κ1) is 15.4. The second-order valence-corrected chi connectivity index (χ2v) is 8.53. The van der Waals surface area contributed by atoms with Gasteiger partial charge < -0.3 is 5.73 Å². The van der Waals surface area contributed by atoms with Gasteiger partial charge in [-0.25, -0.2) is 0 Å². The fourth-order valence-electron chi connectivity index (χ4n) is 2.97. The smallest absolute Gasteiger partial charge is 0.282 e. The van der Waals surface area contributed by atoms with E-state index in [9.17, 15) is 8.42 Å². The zero-order chi connectivity index (χ0) is 14.9. The Morgan fingerprint density at radius 2 is 2.14 bits per heavy atom. The summed E-state index contributed by atoms with van der Waals surface area (Å²) in [4.78, 5) is 0. The van der Waals surface area contributed by atoms with Crippen molar-refractivity contribution in [2.24, 2.45) is 5.73 Å². The summed E-state index contributed by atoms with van der Waals surface area (Å²) >= 11 is 1.61. The Morgan fingerprint density at radius 3 is 2.76 bits per heavy atom. The minimum atomic E-state index is -3.41. The van der Waals surface area contributed by atoms with Gasteiger partial charge in [-0.2, -0.15) is 28.4 Å². The Balaban J connectivity index is 1.82. The van der Waals surface area contributed by atoms with Crippen molar-refractivity contribution in [3.05, 3.63) is 22.4 Å². The molecule has 1 aliphatic carbocycles. The topological polar surface area (TPSA) is 66.6 Å². The molecular weight excluding hydrogens is 306 g/mol. The molecule has 1 saturated carbocycles. The molecule has 1 aromatic rings. The molecule has 0 amide bonds. The maximum atomic E-state index is 13.1. The lowest BCUT2D eigenvalue weighted by Gasteiger charge is -2.37. The quantitative estimate of drug-likeness (QED) is 0.865. The van der Waals surface area contributed by atoms with Crippen LogP contribution < -0.4 is 5.73 Å². The summed E-state index contributed by atoms with van der Waals surface area (Å²) in [5, 5.41) is 4.03. The summed E-state index contributed by atoms with van der Waals surface area (Å²) in [7, 11) is -3.41. The van der Waals surface area contributed by atoms with E-state index in [1.165, 1.54) is 0 Å². The Bertz CT molecular complexity index is 555. The van der Waals surface area contributed by atoms with E-state index in [4.69, 9.17) is 5.73 Å². The summed E-state index contributed by atoms with van der Waals surface area (Å²) in [6.07, 6.45) is 4.84. The first-order valence-corrected chi connectivity index (χ1v) is 9.96. The van der Waals surface area contributed by atoms with E-state index in [2.05, 4.69) is 0 Å². The highest BCUT2D eigenvalue weighted by Gasteiger charge is 2.42. The third-order valence-corrected chi connectivity index (χ3v) is 7.14. The Hall–Kier alpha value is -0.470. The van der Waals surface area contributed by atoms with Crippen molar-refractivity contribution in [1.82, 2.24) is 8.61 Å². The van der Waals surface area contributed by atoms with Gasteiger partial charge in [-0.15, -0.1) is 0 Å². The number of rotatable bonds is 6. The molecule has 0 bridgehead atoms. The number of piperidine rings is 1. The Labute approximate surface area is 130 Å². The van der Waals surface area contributed by atoms with Crippen LogP contribution in [0.15, 0.2) is 16.8 Å². The molecule has 118 valence electrons. The summed E-state index contributed by atoms with van der Waals surface area (Å²) in [6, 6.07) is 2.15. The van der Waals surface area contributed by atoms with E-state index in [1.807, 2.05) is 16.8 Å². The van der Waals surface area contributed by atoms with E-state index < -0.39 is 10.2 Å². The van der Waals surface area contributed by atoms with Gasteiger partial charge in [0.15, 0.2) is 0 Å². The van der Waals surface area contributed by atoms with Crippen LogP contribution in [0.4, 0.5) is 0 Å². The fourth-order valence-corrected chi connectivity index (χ4v) is 5.73. The molecule has 1 atom stereocenters. The zero-order valence-corrected chi connectivity index (χ0v) is 13.8. The van der Waals surface area contributed by atoms with Crippen molar-refractivity contribution in [3.63, 3.8) is 0 Å². The largest absolute Gasteiger partial charge is 0.329 e. The third-order valence-electron chi connectivity index (χ3n) is 4.31. The minimum Gasteiger partial charge on any atom is -0.329 e. The molecule has 21 heavy (non-hydrogen) atoms. The van der Waals surface area contributed by atoms with Crippen molar-refractivity contribution >= 4 is 21.5 Å². The van der Waals surface area contributed by atoms with E-state index in [0.29, 0.717) is 19.6 Å². The van der Waals surface area contributed by atoms with Gasteiger partial charge in [0.05, 0.1) is 0 Å². The van der Waals surface area contributed by atoms with Gasteiger partial charge >= 0.3 is 0 Å². The highest BCUT2D eigenvalue weighted by molar-refractivity contribution is 7.86. The highest BCUT2D eigenvalue weighted by Crippen LogP contribution is 2.34. The second-order valence-electron chi connectivity index (χ2n) is 5.91. The van der Waals surface area contributed by atoms with E-state index in [1.54, 1.807) is 19.9 Å². The molecule has 2 heterocycles. The zero-order valence-electron chi connectivity index (χ0n) is 12.1. The molecule has 0 spiro atoms. The highest BCUT2D eigenvalue weighted by atomic mass is 32.2. The van der Waals surface area contributed by atoms with Gasteiger partial charge in [-0.3, -0.25) is 0 Å². The van der Waals surface area contributed by atoms with Crippen molar-refractivity contribution in [1.29, 1.82) is 0 Å². The predicted molar refractivity (Wildman–Crippen MR) is 85.2 cm³/mol. The van der Waals surface area contributed by atoms with Gasteiger partial charge in [-0.1, -0.05) is 6.42 Å². The van der Waals surface area contributed by atoms with Crippen molar-refractivity contribution < 1.29 is 8.42 Å². The molecular formula is C14H23N3O2S2. The first-order chi connectivity index (χ1) is 10.1. The molecule has 1 unspecified atom stereocenters. The van der Waals surface area contributed by atoms with E-state index in [-0.39, 0.29) is 12.1 Å². The van der Waals surface area contributed by atoms with Gasteiger partial charge in [-0.05, 0) is 48.1 Å². The lowest BCUT2D eigenvalue weighted by Crippen LogP contribution is -2.53. The predicted octanol–water partition coefficient (Wildman–Crippen LogP) is 1.77. The van der Waals surface area contributed by atoms with Crippen LogP contribution in [0.2, 0.25) is 0 Å². The van der Waals surface area contributed by atoms with Gasteiger partial charge in [0.1, 0.15) is 0 Å². The molecule has 7 heteroatoms. The molecule has 1 aliphatic heterocycles. The minimum absolute atomic E-state index is 0.0347. The molecule has 2 N–H and O–H groups in total. The van der Waals surface area contributed by atoms with Gasteiger partial charge in [0, 0.05) is 31.7 Å². The number of nitrogens with zero attached hydrogens (tertiary/aromatic N) is 2. The summed E-state index contributed by atoms with van der Waals surface area (Å²) in [6.45, 7) is 1.51. The van der Waals surface area contributed by atoms with Crippen LogP contribution in [0.25, 0.3) is 0 Å². The van der Waals surface area contributed by atoms with Crippen LogP contribution in [0.1, 0.15) is 37.7 Å². The van der Waals surface area contributed by atoms with Crippen LogP contribution in [0, 0.1) is 0 Å². The van der Waals surface area contributed by atoms with Gasteiger partial charge in [0.25, 0.3) is 10.2 Å². The molecule has 2 fully saturated rings. The van der Waals surface area contributed by atoms with Crippen LogP contribution in [0.3, 0.4) is 0 Å². The molecule has 3 rings (SSSR count). The third kappa shape index (κ3) is 3.32. The van der Waals surface area contributed by atoms with Crippen LogP contribution >= 0.6 is 11.3 Å². The van der Waals surface area contributed by atoms with E-state index in [0.717, 1.165) is 37.7 Å². The summed E-state index contributed by atoms with van der Waals surface area (Å²) < 4.78 is 29.5. The molecule has 0 aromatic carbocycles. The molecule has 2 aliphatic rings. The molecule has 5 nitrogen and oxygen atoms in total. The Morgan fingerprint density at radius 1 is 1.33 bits per heavy atom. The number of thiophene rings is 1. The SMILES string of the molecule is NCC1CCCCN1S(=O)(=O)N(Cc1ccsc1)C1CC1. The lowest BCUT2D eigenvalue weighted by molar-refractivity contribution is 0.232. The summed E-state index contributed by atoms with van der Waals surface area (Å²) in [5.74, 6) is 0. The average Bonchev–Trinajstić information content (AvgIpc) is 3.20. The van der Waals surface area contributed by atoms with Crippen molar-refractivity contribution in [2.45, 2.75) is 50.7 Å². The van der Waals surface area contributed by atoms with Crippen LogP contribution in [0.5, 0.6) is 0 Å². The number of nitrogens with two attached hydrogens (primary N) is 1. The summed E-state index contributed by atoms with van der Waals surface area (Å²) in [5.41, 5.74) is 6.88. The fraction of sp³-hybridized carbons (Fsp3) is 0.714. The van der Waals surface area contributed by atoms with E-state index >= 15 is 0 Å². The van der Waals surface area contributed by atoms with Crippen molar-refractivity contribution in [3.8, 4) is 0 Å². The monoisotopic (exact) mass is 329 g/mol. The first-order valence-electron chi connectivity index (χ1n) is 7.62. The number of hydrogen-bond acceptors (Lipinski definition) is 4. The molecule has 1 saturated heterocycles. The maximum absolute atomic E-state index is 13.1. The van der Waals surface area contributed by atoms with Gasteiger partial charge in [0.2, 0.25) is 0 Å². The lowest BCUT2D eigenvalue weighted by atomic mass is 10.1. The van der Waals surface area contributed by atoms with Crippen LogP contribution in [-0.2, 0) is 16.8 Å². The Kier molecular flexibility index (Phi) is 4.66. The maximum Gasteiger partial charge on any atom is 0.282 e. The number of hydrogen-bond donors (Lipinski definition) is 1. The van der Waals surface area contributed by atoms with Crippen molar-refractivity contribution in [2.75, 3.05) is 13.1 Å². The normalized spacial score (nSPS) is 24.6. The molecule has 0 radical (unpaired) electrons. The average molecular weight is 329 g/mol. The molecule has 1 aromatic heterocycles. The standard InChI is InChI=1S/C14H23N3O2S2/c15-9-14-3-1-2-7-16(14)21(18,19)17(13-4-5-13)10-12-6-8-20-11-12/h6,8,11,13-14H,1-5,7,9-10,15H2. The van der Waals surface area contributed by atoms with Crippen LogP contribution in [-0.4, -0.2) is 42.2 Å².